The van der Waals surface area contributed by atoms with Gasteiger partial charge in [-0.25, -0.2) is 0 Å². The summed E-state index contributed by atoms with van der Waals surface area (Å²) in [6.07, 6.45) is 0. The van der Waals surface area contributed by atoms with E-state index >= 15 is 0 Å². The van der Waals surface area contributed by atoms with Crippen LogP contribution in [0.5, 0.6) is 0 Å². The molecule has 108 valence electrons. The summed E-state index contributed by atoms with van der Waals surface area (Å²) in [6.45, 7) is 1.00. The maximum absolute atomic E-state index is 11.9. The molecule has 6 nitrogen and oxygen atoms in total. The van der Waals surface area contributed by atoms with Crippen molar-refractivity contribution in [3.05, 3.63) is 70.3 Å². The van der Waals surface area contributed by atoms with Crippen molar-refractivity contribution in [1.82, 2.24) is 5.32 Å². The molecule has 21 heavy (non-hydrogen) atoms. The largest absolute Gasteiger partial charge is 0.383 e. The minimum absolute atomic E-state index is 0.0925. The van der Waals surface area contributed by atoms with Crippen molar-refractivity contribution in [1.29, 1.82) is 0 Å². The Morgan fingerprint density at radius 3 is 2.52 bits per heavy atom. The van der Waals surface area contributed by atoms with E-state index in [0.717, 1.165) is 5.69 Å². The Bertz CT molecular complexity index is 629. The molecule has 0 atom stereocenters. The maximum Gasteiger partial charge on any atom is 0.270 e. The van der Waals surface area contributed by atoms with E-state index in [2.05, 4.69) is 10.6 Å². The highest BCUT2D eigenvalue weighted by atomic mass is 16.6. The van der Waals surface area contributed by atoms with Crippen molar-refractivity contribution in [2.24, 2.45) is 0 Å². The van der Waals surface area contributed by atoms with Crippen molar-refractivity contribution in [2.45, 2.75) is 0 Å². The summed E-state index contributed by atoms with van der Waals surface area (Å²) in [5.41, 5.74) is 1.16. The van der Waals surface area contributed by atoms with E-state index in [1.165, 1.54) is 18.2 Å². The van der Waals surface area contributed by atoms with Crippen molar-refractivity contribution >= 4 is 17.3 Å². The van der Waals surface area contributed by atoms with Crippen LogP contribution in [0.25, 0.3) is 0 Å². The minimum Gasteiger partial charge on any atom is -0.383 e. The van der Waals surface area contributed by atoms with Crippen LogP contribution in [0.1, 0.15) is 10.4 Å². The zero-order valence-corrected chi connectivity index (χ0v) is 11.3. The molecule has 0 saturated heterocycles. The fraction of sp³-hybridized carbons (Fsp3) is 0.133. The van der Waals surface area contributed by atoms with Gasteiger partial charge in [-0.3, -0.25) is 14.9 Å². The summed E-state index contributed by atoms with van der Waals surface area (Å²) < 4.78 is 0. The number of nitro groups is 1. The summed E-state index contributed by atoms with van der Waals surface area (Å²) >= 11 is 0. The lowest BCUT2D eigenvalue weighted by Crippen LogP contribution is -2.28. The number of anilines is 1. The second-order valence-corrected chi connectivity index (χ2v) is 4.36. The number of hydrogen-bond donors (Lipinski definition) is 2. The zero-order valence-electron chi connectivity index (χ0n) is 11.3. The number of amides is 1. The smallest absolute Gasteiger partial charge is 0.270 e. The number of benzene rings is 2. The maximum atomic E-state index is 11.9. The summed E-state index contributed by atoms with van der Waals surface area (Å²) in [5, 5.41) is 16.5. The van der Waals surface area contributed by atoms with Gasteiger partial charge >= 0.3 is 0 Å². The van der Waals surface area contributed by atoms with Crippen LogP contribution in [0.15, 0.2) is 54.6 Å². The van der Waals surface area contributed by atoms with Gasteiger partial charge in [-0.15, -0.1) is 0 Å². The molecule has 1 amide bonds. The number of rotatable bonds is 6. The highest BCUT2D eigenvalue weighted by molar-refractivity contribution is 5.94. The monoisotopic (exact) mass is 285 g/mol. The van der Waals surface area contributed by atoms with Crippen molar-refractivity contribution in [2.75, 3.05) is 18.4 Å². The fourth-order valence-electron chi connectivity index (χ4n) is 1.80. The van der Waals surface area contributed by atoms with Gasteiger partial charge in [-0.05, 0) is 18.2 Å². The van der Waals surface area contributed by atoms with Crippen LogP contribution in [-0.4, -0.2) is 23.9 Å². The normalized spacial score (nSPS) is 9.90. The third-order valence-corrected chi connectivity index (χ3v) is 2.83. The Kier molecular flexibility index (Phi) is 4.87. The number of nitro benzene ring substituents is 1. The van der Waals surface area contributed by atoms with Crippen LogP contribution < -0.4 is 10.6 Å². The third kappa shape index (κ3) is 4.31. The highest BCUT2D eigenvalue weighted by Gasteiger charge is 2.10. The zero-order chi connectivity index (χ0) is 15.1. The summed E-state index contributed by atoms with van der Waals surface area (Å²) in [5.74, 6) is -0.325. The van der Waals surface area contributed by atoms with Crippen LogP contribution in [0, 0.1) is 10.1 Å². The Morgan fingerprint density at radius 2 is 1.81 bits per heavy atom. The molecular weight excluding hydrogens is 270 g/mol. The Morgan fingerprint density at radius 1 is 1.05 bits per heavy atom. The first-order valence-electron chi connectivity index (χ1n) is 6.48. The molecule has 2 aromatic rings. The van der Waals surface area contributed by atoms with E-state index in [9.17, 15) is 14.9 Å². The number of carbonyl (C=O) groups is 1. The number of non-ortho nitro benzene ring substituents is 1. The van der Waals surface area contributed by atoms with E-state index in [1.807, 2.05) is 30.3 Å². The lowest BCUT2D eigenvalue weighted by atomic mass is 10.2. The molecule has 6 heteroatoms. The standard InChI is InChI=1S/C15H15N3O3/c19-15(12-5-4-8-14(11-12)18(20)21)17-10-9-16-13-6-2-1-3-7-13/h1-8,11,16H,9-10H2,(H,17,19). The van der Waals surface area contributed by atoms with Gasteiger partial charge in [0, 0.05) is 36.5 Å². The molecule has 0 fully saturated rings. The number of nitrogens with zero attached hydrogens (tertiary/aromatic N) is 1. The summed E-state index contributed by atoms with van der Waals surface area (Å²) in [7, 11) is 0. The van der Waals surface area contributed by atoms with Crippen molar-refractivity contribution in [3.63, 3.8) is 0 Å². The fourth-order valence-corrected chi connectivity index (χ4v) is 1.80. The molecule has 0 radical (unpaired) electrons. The van der Waals surface area contributed by atoms with Crippen molar-refractivity contribution < 1.29 is 9.72 Å². The van der Waals surface area contributed by atoms with Crippen molar-refractivity contribution in [3.8, 4) is 0 Å². The van der Waals surface area contributed by atoms with Gasteiger partial charge in [0.2, 0.25) is 0 Å². The lowest BCUT2D eigenvalue weighted by Gasteiger charge is -2.07. The van der Waals surface area contributed by atoms with E-state index in [0.29, 0.717) is 13.1 Å². The highest BCUT2D eigenvalue weighted by Crippen LogP contribution is 2.12. The quantitative estimate of drug-likeness (QED) is 0.485. The third-order valence-electron chi connectivity index (χ3n) is 2.83. The van der Waals surface area contributed by atoms with E-state index in [4.69, 9.17) is 0 Å². The van der Waals surface area contributed by atoms with Gasteiger partial charge in [-0.2, -0.15) is 0 Å². The minimum atomic E-state index is -0.520. The molecule has 0 aliphatic heterocycles. The predicted molar refractivity (Wildman–Crippen MR) is 80.4 cm³/mol. The molecule has 0 aliphatic rings. The van der Waals surface area contributed by atoms with Gasteiger partial charge in [0.15, 0.2) is 0 Å². The Labute approximate surface area is 121 Å². The molecule has 2 N–H and O–H groups in total. The molecule has 0 spiro atoms. The summed E-state index contributed by atoms with van der Waals surface area (Å²) in [4.78, 5) is 22.0. The number of hydrogen-bond acceptors (Lipinski definition) is 4. The molecule has 2 aromatic carbocycles. The molecule has 0 bridgehead atoms. The Balaban J connectivity index is 1.82. The van der Waals surface area contributed by atoms with Gasteiger partial charge in [-0.1, -0.05) is 24.3 Å². The molecule has 0 heterocycles. The SMILES string of the molecule is O=C(NCCNc1ccccc1)c1cccc([N+](=O)[O-])c1. The molecule has 0 saturated carbocycles. The van der Waals surface area contributed by atoms with Gasteiger partial charge in [0.25, 0.3) is 11.6 Å². The molecule has 0 aromatic heterocycles. The van der Waals surface area contributed by atoms with Gasteiger partial charge in [0.1, 0.15) is 0 Å². The Hall–Kier alpha value is -2.89. The van der Waals surface area contributed by atoms with E-state index < -0.39 is 4.92 Å². The van der Waals surface area contributed by atoms with Crippen LogP contribution in [0.3, 0.4) is 0 Å². The van der Waals surface area contributed by atoms with Crippen LogP contribution in [0.2, 0.25) is 0 Å². The predicted octanol–water partition coefficient (Wildman–Crippen LogP) is 2.44. The topological polar surface area (TPSA) is 84.3 Å². The van der Waals surface area contributed by atoms with Gasteiger partial charge < -0.3 is 10.6 Å². The van der Waals surface area contributed by atoms with E-state index in [-0.39, 0.29) is 17.2 Å². The first-order chi connectivity index (χ1) is 10.2. The van der Waals surface area contributed by atoms with Crippen LogP contribution in [0.4, 0.5) is 11.4 Å². The average Bonchev–Trinajstić information content (AvgIpc) is 2.52. The number of para-hydroxylation sites is 1. The molecule has 2 rings (SSSR count). The van der Waals surface area contributed by atoms with Gasteiger partial charge in [0.05, 0.1) is 4.92 Å². The first-order valence-corrected chi connectivity index (χ1v) is 6.48. The van der Waals surface area contributed by atoms with Crippen LogP contribution in [-0.2, 0) is 0 Å². The average molecular weight is 285 g/mol. The summed E-state index contributed by atoms with van der Waals surface area (Å²) in [6, 6.07) is 15.3. The number of nitrogens with one attached hydrogen (secondary N) is 2. The molecular formula is C15H15N3O3. The lowest BCUT2D eigenvalue weighted by molar-refractivity contribution is -0.384. The van der Waals surface area contributed by atoms with E-state index in [1.54, 1.807) is 6.07 Å². The molecule has 0 unspecified atom stereocenters. The first kappa shape index (κ1) is 14.5. The van der Waals surface area contributed by atoms with Crippen LogP contribution >= 0.6 is 0 Å². The molecule has 0 aliphatic carbocycles. The number of carbonyl (C=O) groups excluding carboxylic acids is 1. The second kappa shape index (κ2) is 7.04. The second-order valence-electron chi connectivity index (χ2n) is 4.36.